The smallest absolute Gasteiger partial charge is 0.161 e. The third kappa shape index (κ3) is 3.49. The first-order chi connectivity index (χ1) is 11.7. The van der Waals surface area contributed by atoms with Gasteiger partial charge in [0.25, 0.3) is 0 Å². The predicted molar refractivity (Wildman–Crippen MR) is 95.3 cm³/mol. The van der Waals surface area contributed by atoms with E-state index in [0.29, 0.717) is 19.8 Å². The summed E-state index contributed by atoms with van der Waals surface area (Å²) in [5.74, 6) is 2.87. The molecule has 2 N–H and O–H groups in total. The summed E-state index contributed by atoms with van der Waals surface area (Å²) in [6.07, 6.45) is 1.82. The van der Waals surface area contributed by atoms with Gasteiger partial charge in [-0.2, -0.15) is 0 Å². The zero-order valence-corrected chi connectivity index (χ0v) is 14.4. The Hall–Kier alpha value is -2.20. The third-order valence-corrected chi connectivity index (χ3v) is 4.53. The fraction of sp³-hybridized carbons (Fsp3) is 0.400. The topological polar surface area (TPSA) is 53.7 Å². The zero-order chi connectivity index (χ0) is 16.9. The lowest BCUT2D eigenvalue weighted by Crippen LogP contribution is -2.17. The van der Waals surface area contributed by atoms with Crippen molar-refractivity contribution in [3.8, 4) is 17.2 Å². The summed E-state index contributed by atoms with van der Waals surface area (Å²) in [5, 5.41) is 0. The molecule has 0 radical (unpaired) electrons. The van der Waals surface area contributed by atoms with Gasteiger partial charge in [-0.15, -0.1) is 0 Å². The van der Waals surface area contributed by atoms with Crippen molar-refractivity contribution < 1.29 is 14.2 Å². The number of benzene rings is 2. The highest BCUT2D eigenvalue weighted by molar-refractivity contribution is 5.45. The predicted octanol–water partition coefficient (Wildman–Crippen LogP) is 3.31. The second kappa shape index (κ2) is 7.58. The van der Waals surface area contributed by atoms with Crippen molar-refractivity contribution in [1.29, 1.82) is 0 Å². The van der Waals surface area contributed by atoms with Gasteiger partial charge in [0.2, 0.25) is 0 Å². The van der Waals surface area contributed by atoms with Crippen molar-refractivity contribution in [3.63, 3.8) is 0 Å². The maximum atomic E-state index is 6.07. The number of methoxy groups -OCH3 is 1. The van der Waals surface area contributed by atoms with Crippen LogP contribution in [0.15, 0.2) is 36.4 Å². The van der Waals surface area contributed by atoms with E-state index in [0.717, 1.165) is 30.1 Å². The molecule has 4 nitrogen and oxygen atoms in total. The molecule has 0 amide bonds. The number of ether oxygens (including phenoxy) is 3. The fourth-order valence-electron chi connectivity index (χ4n) is 3.17. The molecule has 1 unspecified atom stereocenters. The highest BCUT2D eigenvalue weighted by atomic mass is 16.6. The minimum atomic E-state index is 0.267. The van der Waals surface area contributed by atoms with E-state index < -0.39 is 0 Å². The van der Waals surface area contributed by atoms with E-state index in [4.69, 9.17) is 19.9 Å². The van der Waals surface area contributed by atoms with Gasteiger partial charge in [-0.05, 0) is 54.3 Å². The van der Waals surface area contributed by atoms with Crippen LogP contribution in [0.1, 0.15) is 29.5 Å². The fourth-order valence-corrected chi connectivity index (χ4v) is 3.17. The maximum Gasteiger partial charge on any atom is 0.161 e. The molecule has 3 rings (SSSR count). The molecule has 0 saturated carbocycles. The van der Waals surface area contributed by atoms with Gasteiger partial charge in [0.15, 0.2) is 11.5 Å². The largest absolute Gasteiger partial charge is 0.496 e. The van der Waals surface area contributed by atoms with Crippen molar-refractivity contribution in [2.45, 2.75) is 25.7 Å². The number of hydrogen-bond donors (Lipinski definition) is 1. The highest BCUT2D eigenvalue weighted by Crippen LogP contribution is 2.33. The van der Waals surface area contributed by atoms with Crippen LogP contribution in [0, 0.1) is 0 Å². The van der Waals surface area contributed by atoms with Crippen LogP contribution in [0.25, 0.3) is 0 Å². The molecule has 24 heavy (non-hydrogen) atoms. The molecule has 1 heterocycles. The summed E-state index contributed by atoms with van der Waals surface area (Å²) in [4.78, 5) is 0. The maximum absolute atomic E-state index is 6.07. The Morgan fingerprint density at radius 3 is 2.58 bits per heavy atom. The third-order valence-electron chi connectivity index (χ3n) is 4.53. The van der Waals surface area contributed by atoms with E-state index in [2.05, 4.69) is 31.2 Å². The van der Waals surface area contributed by atoms with Gasteiger partial charge < -0.3 is 19.9 Å². The Bertz CT molecular complexity index is 699. The molecule has 1 aliphatic heterocycles. The second-order valence-electron chi connectivity index (χ2n) is 6.04. The minimum absolute atomic E-state index is 0.267. The van der Waals surface area contributed by atoms with E-state index >= 15 is 0 Å². The van der Waals surface area contributed by atoms with Crippen molar-refractivity contribution in [2.75, 3.05) is 26.9 Å². The molecule has 128 valence electrons. The van der Waals surface area contributed by atoms with Gasteiger partial charge >= 0.3 is 0 Å². The summed E-state index contributed by atoms with van der Waals surface area (Å²) in [6, 6.07) is 12.5. The molecule has 4 heteroatoms. The second-order valence-corrected chi connectivity index (χ2v) is 6.04. The number of rotatable bonds is 6. The highest BCUT2D eigenvalue weighted by Gasteiger charge is 2.16. The normalized spacial score (nSPS) is 14.3. The molecule has 0 spiro atoms. The summed E-state index contributed by atoms with van der Waals surface area (Å²) in [7, 11) is 1.71. The lowest BCUT2D eigenvalue weighted by atomic mass is 9.90. The van der Waals surface area contributed by atoms with E-state index in [-0.39, 0.29) is 5.92 Å². The summed E-state index contributed by atoms with van der Waals surface area (Å²) >= 11 is 0. The van der Waals surface area contributed by atoms with Crippen LogP contribution in [0.2, 0.25) is 0 Å². The SMILES string of the molecule is CCc1cc(C(CN)Cc2ccc3c(c2)OCCO3)ccc1OC. The average Bonchev–Trinajstić information content (AvgIpc) is 2.65. The standard InChI is InChI=1S/C20H25NO3/c1-3-15-12-16(5-7-18(15)22-2)17(13-21)10-14-4-6-19-20(11-14)24-9-8-23-19/h4-7,11-12,17H,3,8-10,13,21H2,1-2H3. The number of fused-ring (bicyclic) bond motifs is 1. The van der Waals surface area contributed by atoms with Gasteiger partial charge in [-0.3, -0.25) is 0 Å². The average molecular weight is 327 g/mol. The first kappa shape index (κ1) is 16.7. The van der Waals surface area contributed by atoms with Crippen LogP contribution in [0.5, 0.6) is 17.2 Å². The number of aryl methyl sites for hydroxylation is 1. The van der Waals surface area contributed by atoms with Gasteiger partial charge in [0.05, 0.1) is 7.11 Å². The van der Waals surface area contributed by atoms with Gasteiger partial charge in [-0.25, -0.2) is 0 Å². The molecule has 0 bridgehead atoms. The molecule has 2 aromatic rings. The molecule has 0 fully saturated rings. The summed E-state index contributed by atoms with van der Waals surface area (Å²) < 4.78 is 16.7. The van der Waals surface area contributed by atoms with Gasteiger partial charge in [0.1, 0.15) is 19.0 Å². The van der Waals surface area contributed by atoms with E-state index in [1.807, 2.05) is 12.1 Å². The van der Waals surface area contributed by atoms with Crippen molar-refractivity contribution in [2.24, 2.45) is 5.73 Å². The Morgan fingerprint density at radius 2 is 1.88 bits per heavy atom. The van der Waals surface area contributed by atoms with Crippen molar-refractivity contribution in [1.82, 2.24) is 0 Å². The minimum Gasteiger partial charge on any atom is -0.496 e. The number of hydrogen-bond acceptors (Lipinski definition) is 4. The van der Waals surface area contributed by atoms with Gasteiger partial charge in [-0.1, -0.05) is 25.1 Å². The van der Waals surface area contributed by atoms with Crippen LogP contribution in [0.4, 0.5) is 0 Å². The molecular formula is C20H25NO3. The van der Waals surface area contributed by atoms with Crippen LogP contribution < -0.4 is 19.9 Å². The van der Waals surface area contributed by atoms with Crippen molar-refractivity contribution in [3.05, 3.63) is 53.1 Å². The molecular weight excluding hydrogens is 302 g/mol. The first-order valence-corrected chi connectivity index (χ1v) is 8.50. The molecule has 1 aliphatic rings. The molecule has 1 atom stereocenters. The lowest BCUT2D eigenvalue weighted by molar-refractivity contribution is 0.171. The van der Waals surface area contributed by atoms with Gasteiger partial charge in [0, 0.05) is 5.92 Å². The van der Waals surface area contributed by atoms with Crippen LogP contribution in [-0.2, 0) is 12.8 Å². The lowest BCUT2D eigenvalue weighted by Gasteiger charge is -2.21. The Kier molecular flexibility index (Phi) is 5.26. The Balaban J connectivity index is 1.82. The number of nitrogens with two attached hydrogens (primary N) is 1. The van der Waals surface area contributed by atoms with E-state index in [1.54, 1.807) is 7.11 Å². The van der Waals surface area contributed by atoms with E-state index in [1.165, 1.54) is 16.7 Å². The van der Waals surface area contributed by atoms with Crippen LogP contribution >= 0.6 is 0 Å². The molecule has 0 saturated heterocycles. The van der Waals surface area contributed by atoms with Crippen molar-refractivity contribution >= 4 is 0 Å². The molecule has 0 aliphatic carbocycles. The zero-order valence-electron chi connectivity index (χ0n) is 14.4. The molecule has 2 aromatic carbocycles. The summed E-state index contributed by atoms with van der Waals surface area (Å²) in [5.41, 5.74) is 9.75. The quantitative estimate of drug-likeness (QED) is 0.884. The Morgan fingerprint density at radius 1 is 1.08 bits per heavy atom. The first-order valence-electron chi connectivity index (χ1n) is 8.50. The Labute approximate surface area is 143 Å². The molecule has 0 aromatic heterocycles. The van der Waals surface area contributed by atoms with Crippen LogP contribution in [0.3, 0.4) is 0 Å². The summed E-state index contributed by atoms with van der Waals surface area (Å²) in [6.45, 7) is 3.96. The monoisotopic (exact) mass is 327 g/mol. The van der Waals surface area contributed by atoms with Crippen LogP contribution in [-0.4, -0.2) is 26.9 Å². The van der Waals surface area contributed by atoms with E-state index in [9.17, 15) is 0 Å².